The summed E-state index contributed by atoms with van der Waals surface area (Å²) in [7, 11) is -3.56. The van der Waals surface area contributed by atoms with Crippen LogP contribution in [0.4, 0.5) is 5.13 Å². The maximum absolute atomic E-state index is 12.1. The summed E-state index contributed by atoms with van der Waals surface area (Å²) in [6.07, 6.45) is 0. The summed E-state index contributed by atoms with van der Waals surface area (Å²) in [4.78, 5) is 4.23. The van der Waals surface area contributed by atoms with E-state index >= 15 is 0 Å². The Morgan fingerprint density at radius 2 is 2.10 bits per heavy atom. The number of anilines is 1. The topological polar surface area (TPSA) is 101 Å². The van der Waals surface area contributed by atoms with Gasteiger partial charge in [-0.05, 0) is 12.1 Å². The molecule has 0 bridgehead atoms. The molecule has 3 N–H and O–H groups in total. The molecule has 7 nitrogen and oxygen atoms in total. The molecule has 2 rings (SSSR count). The quantitative estimate of drug-likeness (QED) is 0.807. The number of nitrogens with one attached hydrogen (secondary N) is 1. The second-order valence-corrected chi connectivity index (χ2v) is 6.73. The van der Waals surface area contributed by atoms with Gasteiger partial charge in [-0.1, -0.05) is 13.8 Å². The van der Waals surface area contributed by atoms with Gasteiger partial charge in [0.15, 0.2) is 10.9 Å². The van der Waals surface area contributed by atoms with Crippen molar-refractivity contribution in [2.75, 3.05) is 17.8 Å². The molecule has 2 aromatic rings. The molecule has 0 amide bonds. The number of aromatic nitrogens is 1. The molecule has 0 radical (unpaired) electrons. The SMILES string of the molecule is CCN(CC)S(=O)(=O)Nc1nc(-c2ccc(CN)o2)cs1. The molecule has 9 heteroatoms. The summed E-state index contributed by atoms with van der Waals surface area (Å²) >= 11 is 1.21. The van der Waals surface area contributed by atoms with E-state index in [9.17, 15) is 8.42 Å². The van der Waals surface area contributed by atoms with Crippen LogP contribution < -0.4 is 10.5 Å². The van der Waals surface area contributed by atoms with Crippen LogP contribution in [0.3, 0.4) is 0 Å². The van der Waals surface area contributed by atoms with E-state index in [1.54, 1.807) is 31.4 Å². The molecule has 0 atom stereocenters. The van der Waals surface area contributed by atoms with Gasteiger partial charge in [0.05, 0.1) is 6.54 Å². The predicted molar refractivity (Wildman–Crippen MR) is 83.2 cm³/mol. The number of nitrogens with two attached hydrogens (primary N) is 1. The van der Waals surface area contributed by atoms with E-state index in [-0.39, 0.29) is 0 Å². The number of hydrogen-bond acceptors (Lipinski definition) is 6. The molecule has 0 aliphatic carbocycles. The summed E-state index contributed by atoms with van der Waals surface area (Å²) in [6, 6.07) is 3.54. The van der Waals surface area contributed by atoms with Gasteiger partial charge in [0.2, 0.25) is 0 Å². The molecular weight excluding hydrogens is 312 g/mol. The van der Waals surface area contributed by atoms with E-state index in [2.05, 4.69) is 9.71 Å². The van der Waals surface area contributed by atoms with Crippen molar-refractivity contribution in [1.82, 2.24) is 9.29 Å². The molecule has 2 aromatic heterocycles. The van der Waals surface area contributed by atoms with Gasteiger partial charge in [-0.3, -0.25) is 0 Å². The maximum atomic E-state index is 12.1. The first-order valence-corrected chi connectivity index (χ1v) is 8.84. The zero-order valence-electron chi connectivity index (χ0n) is 11.9. The maximum Gasteiger partial charge on any atom is 0.303 e. The lowest BCUT2D eigenvalue weighted by atomic mass is 10.3. The molecule has 2 heterocycles. The van der Waals surface area contributed by atoms with Crippen LogP contribution >= 0.6 is 11.3 Å². The van der Waals surface area contributed by atoms with Crippen molar-refractivity contribution in [3.63, 3.8) is 0 Å². The Kier molecular flexibility index (Phi) is 4.99. The fraction of sp³-hybridized carbons (Fsp3) is 0.417. The van der Waals surface area contributed by atoms with Gasteiger partial charge >= 0.3 is 10.2 Å². The fourth-order valence-electron chi connectivity index (χ4n) is 1.80. The lowest BCUT2D eigenvalue weighted by Crippen LogP contribution is -2.35. The highest BCUT2D eigenvalue weighted by atomic mass is 32.2. The minimum atomic E-state index is -3.56. The Morgan fingerprint density at radius 1 is 1.38 bits per heavy atom. The van der Waals surface area contributed by atoms with E-state index in [1.807, 2.05) is 0 Å². The highest BCUT2D eigenvalue weighted by Crippen LogP contribution is 2.27. The Labute approximate surface area is 128 Å². The number of furan rings is 1. The monoisotopic (exact) mass is 330 g/mol. The highest BCUT2D eigenvalue weighted by Gasteiger charge is 2.20. The van der Waals surface area contributed by atoms with Gasteiger partial charge < -0.3 is 10.2 Å². The Hall–Kier alpha value is -1.42. The molecule has 0 aliphatic heterocycles. The van der Waals surface area contributed by atoms with E-state index in [4.69, 9.17) is 10.2 Å². The molecule has 0 aliphatic rings. The molecule has 0 unspecified atom stereocenters. The minimum absolute atomic E-state index is 0.308. The zero-order valence-corrected chi connectivity index (χ0v) is 13.5. The van der Waals surface area contributed by atoms with Crippen molar-refractivity contribution in [1.29, 1.82) is 0 Å². The smallest absolute Gasteiger partial charge is 0.303 e. The standard InChI is InChI=1S/C12H18N4O3S2/c1-3-16(4-2)21(17,18)15-12-14-10(8-20-12)11-6-5-9(7-13)19-11/h5-6,8H,3-4,7,13H2,1-2H3,(H,14,15). The lowest BCUT2D eigenvalue weighted by Gasteiger charge is -2.17. The molecule has 0 saturated heterocycles. The summed E-state index contributed by atoms with van der Waals surface area (Å²) in [5.74, 6) is 1.23. The first kappa shape index (κ1) is 16.0. The minimum Gasteiger partial charge on any atom is -0.458 e. The van der Waals surface area contributed by atoms with E-state index in [1.165, 1.54) is 15.6 Å². The first-order valence-electron chi connectivity index (χ1n) is 6.52. The Bertz CT molecular complexity index is 689. The largest absolute Gasteiger partial charge is 0.458 e. The number of nitrogens with zero attached hydrogens (tertiary/aromatic N) is 2. The number of thiazole rings is 1. The van der Waals surface area contributed by atoms with E-state index in [0.717, 1.165) is 0 Å². The van der Waals surface area contributed by atoms with Gasteiger partial charge in [-0.25, -0.2) is 9.71 Å². The van der Waals surface area contributed by atoms with Crippen LogP contribution in [0.25, 0.3) is 11.5 Å². The van der Waals surface area contributed by atoms with Crippen LogP contribution in [-0.2, 0) is 16.8 Å². The van der Waals surface area contributed by atoms with Crippen molar-refractivity contribution < 1.29 is 12.8 Å². The molecule has 0 aromatic carbocycles. The van der Waals surface area contributed by atoms with E-state index in [0.29, 0.717) is 42.0 Å². The molecule has 0 fully saturated rings. The van der Waals surface area contributed by atoms with Crippen LogP contribution in [-0.4, -0.2) is 30.8 Å². The normalized spacial score (nSPS) is 12.0. The van der Waals surface area contributed by atoms with Crippen LogP contribution in [0.5, 0.6) is 0 Å². The third-order valence-electron chi connectivity index (χ3n) is 2.88. The van der Waals surface area contributed by atoms with Crippen LogP contribution in [0.1, 0.15) is 19.6 Å². The highest BCUT2D eigenvalue weighted by molar-refractivity contribution is 7.90. The van der Waals surface area contributed by atoms with Crippen molar-refractivity contribution in [3.8, 4) is 11.5 Å². The molecule has 0 spiro atoms. The van der Waals surface area contributed by atoms with Gasteiger partial charge in [0, 0.05) is 18.5 Å². The molecule has 21 heavy (non-hydrogen) atoms. The van der Waals surface area contributed by atoms with Crippen LogP contribution in [0.2, 0.25) is 0 Å². The van der Waals surface area contributed by atoms with Gasteiger partial charge in [0.1, 0.15) is 11.5 Å². The van der Waals surface area contributed by atoms with Gasteiger partial charge in [-0.2, -0.15) is 12.7 Å². The molecule has 0 saturated carbocycles. The zero-order chi connectivity index (χ0) is 15.5. The van der Waals surface area contributed by atoms with Crippen molar-refractivity contribution in [2.45, 2.75) is 20.4 Å². The van der Waals surface area contributed by atoms with Crippen molar-refractivity contribution in [2.24, 2.45) is 5.73 Å². The van der Waals surface area contributed by atoms with Crippen LogP contribution in [0, 0.1) is 0 Å². The lowest BCUT2D eigenvalue weighted by molar-refractivity contribution is 0.449. The summed E-state index contributed by atoms with van der Waals surface area (Å²) in [5.41, 5.74) is 6.07. The second kappa shape index (κ2) is 6.56. The average molecular weight is 330 g/mol. The third-order valence-corrected chi connectivity index (χ3v) is 5.42. The predicted octanol–water partition coefficient (Wildman–Crippen LogP) is 1.86. The second-order valence-electron chi connectivity index (χ2n) is 4.20. The van der Waals surface area contributed by atoms with Gasteiger partial charge in [-0.15, -0.1) is 11.3 Å². The molecular formula is C12H18N4O3S2. The van der Waals surface area contributed by atoms with Crippen molar-refractivity contribution >= 4 is 26.7 Å². The molecule has 116 valence electrons. The van der Waals surface area contributed by atoms with Crippen LogP contribution in [0.15, 0.2) is 21.9 Å². The fourth-order valence-corrected chi connectivity index (χ4v) is 3.92. The Balaban J connectivity index is 2.17. The third kappa shape index (κ3) is 3.62. The Morgan fingerprint density at radius 3 is 2.67 bits per heavy atom. The number of hydrogen-bond donors (Lipinski definition) is 2. The van der Waals surface area contributed by atoms with Gasteiger partial charge in [0.25, 0.3) is 0 Å². The average Bonchev–Trinajstić information content (AvgIpc) is 3.07. The van der Waals surface area contributed by atoms with E-state index < -0.39 is 10.2 Å². The summed E-state index contributed by atoms with van der Waals surface area (Å²) < 4.78 is 33.5. The summed E-state index contributed by atoms with van der Waals surface area (Å²) in [6.45, 7) is 4.69. The van der Waals surface area contributed by atoms with Crippen molar-refractivity contribution in [3.05, 3.63) is 23.3 Å². The number of rotatable bonds is 7. The first-order chi connectivity index (χ1) is 10.00. The summed E-state index contributed by atoms with van der Waals surface area (Å²) in [5, 5.41) is 2.04.